The standard InChI is InChI=1S/C25H31N3O4.H2S/c1-32-23-13-11-18(15-26-23)22(14-24(29)30)28-16-19(25(28)31)7-2-4-8-20-12-10-17-6-3-5-9-21(17)27-20;/h10-13,15,19,22H,2-9,14,16H2,1H3,(H,29,30);1H2/t19?,22-;/m0./s1. The maximum absolute atomic E-state index is 12.8. The molecule has 1 fully saturated rings. The number of aliphatic carboxylic acids is 1. The van der Waals surface area contributed by atoms with Gasteiger partial charge >= 0.3 is 5.97 Å². The average molecular weight is 472 g/mol. The number of β-lactam (4-membered cyclic amide) rings is 1. The van der Waals surface area contributed by atoms with E-state index in [1.165, 1.54) is 31.2 Å². The zero-order chi connectivity index (χ0) is 22.5. The number of hydrogen-bond acceptors (Lipinski definition) is 5. The summed E-state index contributed by atoms with van der Waals surface area (Å²) in [6.45, 7) is 0.597. The van der Waals surface area contributed by atoms with Crippen LogP contribution in [0.4, 0.5) is 0 Å². The first-order chi connectivity index (χ1) is 15.5. The summed E-state index contributed by atoms with van der Waals surface area (Å²) in [6, 6.07) is 7.38. The molecule has 1 N–H and O–H groups in total. The van der Waals surface area contributed by atoms with Gasteiger partial charge in [-0.05, 0) is 62.1 Å². The van der Waals surface area contributed by atoms with Crippen LogP contribution in [-0.4, -0.2) is 45.5 Å². The lowest BCUT2D eigenvalue weighted by Crippen LogP contribution is -2.54. The zero-order valence-electron chi connectivity index (χ0n) is 19.1. The second-order valence-corrected chi connectivity index (χ2v) is 8.80. The molecule has 0 aromatic carbocycles. The van der Waals surface area contributed by atoms with Gasteiger partial charge in [0.05, 0.1) is 25.5 Å². The van der Waals surface area contributed by atoms with Gasteiger partial charge in [0.15, 0.2) is 0 Å². The quantitative estimate of drug-likeness (QED) is 0.418. The van der Waals surface area contributed by atoms with Gasteiger partial charge in [0.2, 0.25) is 11.8 Å². The minimum absolute atomic E-state index is 0. The van der Waals surface area contributed by atoms with Gasteiger partial charge in [0.25, 0.3) is 0 Å². The number of carbonyl (C=O) groups is 2. The molecule has 3 heterocycles. The Morgan fingerprint density at radius 2 is 2.03 bits per heavy atom. The van der Waals surface area contributed by atoms with Gasteiger partial charge in [-0.3, -0.25) is 14.6 Å². The van der Waals surface area contributed by atoms with Crippen molar-refractivity contribution in [2.75, 3.05) is 13.7 Å². The van der Waals surface area contributed by atoms with Crippen molar-refractivity contribution in [1.82, 2.24) is 14.9 Å². The summed E-state index contributed by atoms with van der Waals surface area (Å²) in [7, 11) is 1.53. The fourth-order valence-electron chi connectivity index (χ4n) is 4.77. The van der Waals surface area contributed by atoms with Crippen molar-refractivity contribution in [3.05, 3.63) is 53.0 Å². The Bertz CT molecular complexity index is 967. The van der Waals surface area contributed by atoms with E-state index in [1.54, 1.807) is 23.2 Å². The summed E-state index contributed by atoms with van der Waals surface area (Å²) < 4.78 is 5.07. The van der Waals surface area contributed by atoms with Crippen LogP contribution in [0.5, 0.6) is 5.88 Å². The number of ether oxygens (including phenoxy) is 1. The minimum atomic E-state index is -0.931. The monoisotopic (exact) mass is 471 g/mol. The largest absolute Gasteiger partial charge is 0.481 e. The number of carboxylic acid groups (broad SMARTS) is 1. The summed E-state index contributed by atoms with van der Waals surface area (Å²) in [4.78, 5) is 34.8. The van der Waals surface area contributed by atoms with Gasteiger partial charge in [-0.25, -0.2) is 4.98 Å². The van der Waals surface area contributed by atoms with Crippen LogP contribution >= 0.6 is 13.5 Å². The molecule has 8 heteroatoms. The number of rotatable bonds is 10. The third kappa shape index (κ3) is 6.05. The SMILES string of the molecule is COc1ccc([C@H](CC(=O)O)N2CC(CCCCc3ccc4c(n3)CCCC4)C2=O)cn1.S. The predicted octanol–water partition coefficient (Wildman–Crippen LogP) is 3.86. The van der Waals surface area contributed by atoms with E-state index in [1.807, 2.05) is 0 Å². The average Bonchev–Trinajstić information content (AvgIpc) is 2.81. The lowest BCUT2D eigenvalue weighted by atomic mass is 9.88. The van der Waals surface area contributed by atoms with E-state index in [4.69, 9.17) is 9.72 Å². The van der Waals surface area contributed by atoms with Gasteiger partial charge in [-0.2, -0.15) is 13.5 Å². The summed E-state index contributed by atoms with van der Waals surface area (Å²) >= 11 is 0. The molecular formula is C25H33N3O4S. The van der Waals surface area contributed by atoms with Gasteiger partial charge < -0.3 is 14.7 Å². The number of aryl methyl sites for hydroxylation is 3. The van der Waals surface area contributed by atoms with Crippen molar-refractivity contribution in [2.24, 2.45) is 5.92 Å². The van der Waals surface area contributed by atoms with Crippen molar-refractivity contribution in [3.8, 4) is 5.88 Å². The fraction of sp³-hybridized carbons (Fsp3) is 0.520. The minimum Gasteiger partial charge on any atom is -0.481 e. The molecular weight excluding hydrogens is 438 g/mol. The molecule has 1 aliphatic heterocycles. The third-order valence-corrected chi connectivity index (χ3v) is 6.62. The van der Waals surface area contributed by atoms with Crippen LogP contribution in [0.25, 0.3) is 0 Å². The molecule has 1 amide bonds. The van der Waals surface area contributed by atoms with Crippen LogP contribution in [0.3, 0.4) is 0 Å². The molecule has 1 unspecified atom stereocenters. The number of carboxylic acids is 1. The predicted molar refractivity (Wildman–Crippen MR) is 130 cm³/mol. The molecule has 178 valence electrons. The van der Waals surface area contributed by atoms with E-state index >= 15 is 0 Å². The van der Waals surface area contributed by atoms with E-state index in [9.17, 15) is 14.7 Å². The highest BCUT2D eigenvalue weighted by Crippen LogP contribution is 2.35. The smallest absolute Gasteiger partial charge is 0.305 e. The lowest BCUT2D eigenvalue weighted by Gasteiger charge is -2.43. The molecule has 4 rings (SSSR count). The second kappa shape index (κ2) is 11.5. The van der Waals surface area contributed by atoms with Crippen LogP contribution in [0, 0.1) is 5.92 Å². The van der Waals surface area contributed by atoms with Gasteiger partial charge in [-0.1, -0.05) is 18.6 Å². The number of nitrogens with zero attached hydrogens (tertiary/aromatic N) is 3. The molecule has 33 heavy (non-hydrogen) atoms. The molecule has 2 atom stereocenters. The summed E-state index contributed by atoms with van der Waals surface area (Å²) in [6.07, 6.45) is 9.97. The van der Waals surface area contributed by atoms with Crippen molar-refractivity contribution in [2.45, 2.75) is 63.8 Å². The molecule has 2 aliphatic rings. The maximum Gasteiger partial charge on any atom is 0.305 e. The first-order valence-electron chi connectivity index (χ1n) is 11.5. The van der Waals surface area contributed by atoms with Crippen molar-refractivity contribution < 1.29 is 19.4 Å². The molecule has 7 nitrogen and oxygen atoms in total. The Balaban J connectivity index is 0.00000306. The Morgan fingerprint density at radius 3 is 2.73 bits per heavy atom. The Kier molecular flexibility index (Phi) is 8.72. The highest BCUT2D eigenvalue weighted by molar-refractivity contribution is 7.59. The molecule has 1 aliphatic carbocycles. The first-order valence-corrected chi connectivity index (χ1v) is 11.5. The normalized spacial score (nSPS) is 18.0. The number of pyridine rings is 2. The number of carbonyl (C=O) groups excluding carboxylic acids is 1. The van der Waals surface area contributed by atoms with E-state index < -0.39 is 12.0 Å². The highest BCUT2D eigenvalue weighted by Gasteiger charge is 2.41. The number of aromatic nitrogens is 2. The van der Waals surface area contributed by atoms with E-state index in [0.29, 0.717) is 12.4 Å². The summed E-state index contributed by atoms with van der Waals surface area (Å²) in [5.74, 6) is -0.448. The summed E-state index contributed by atoms with van der Waals surface area (Å²) in [5, 5.41) is 9.33. The highest BCUT2D eigenvalue weighted by atomic mass is 32.1. The number of likely N-dealkylation sites (tertiary alicyclic amines) is 1. The number of amides is 1. The number of unbranched alkanes of at least 4 members (excludes halogenated alkanes) is 1. The number of fused-ring (bicyclic) bond motifs is 1. The van der Waals surface area contributed by atoms with Gasteiger partial charge in [0, 0.05) is 30.2 Å². The van der Waals surface area contributed by atoms with Gasteiger partial charge in [0.1, 0.15) is 0 Å². The Hall–Kier alpha value is -2.61. The first kappa shape index (κ1) is 25.0. The molecule has 0 saturated carbocycles. The summed E-state index contributed by atoms with van der Waals surface area (Å²) in [5.41, 5.74) is 4.55. The van der Waals surface area contributed by atoms with Gasteiger partial charge in [-0.15, -0.1) is 0 Å². The molecule has 2 aromatic rings. The molecule has 1 saturated heterocycles. The van der Waals surface area contributed by atoms with Crippen LogP contribution in [0.1, 0.15) is 67.1 Å². The lowest BCUT2D eigenvalue weighted by molar-refractivity contribution is -0.154. The van der Waals surface area contributed by atoms with Crippen LogP contribution in [0.15, 0.2) is 30.5 Å². The third-order valence-electron chi connectivity index (χ3n) is 6.62. The second-order valence-electron chi connectivity index (χ2n) is 8.80. The number of methoxy groups -OCH3 is 1. The Morgan fingerprint density at radius 1 is 1.21 bits per heavy atom. The molecule has 0 bridgehead atoms. The fourth-order valence-corrected chi connectivity index (χ4v) is 4.77. The van der Waals surface area contributed by atoms with Crippen molar-refractivity contribution in [1.29, 1.82) is 0 Å². The van der Waals surface area contributed by atoms with Crippen molar-refractivity contribution in [3.63, 3.8) is 0 Å². The number of hydrogen-bond donors (Lipinski definition) is 1. The van der Waals surface area contributed by atoms with Crippen LogP contribution in [0.2, 0.25) is 0 Å². The molecule has 0 spiro atoms. The van der Waals surface area contributed by atoms with Crippen LogP contribution < -0.4 is 4.74 Å². The topological polar surface area (TPSA) is 92.6 Å². The van der Waals surface area contributed by atoms with Crippen molar-refractivity contribution >= 4 is 25.4 Å². The molecule has 0 radical (unpaired) electrons. The van der Waals surface area contributed by atoms with E-state index in [2.05, 4.69) is 17.1 Å². The maximum atomic E-state index is 12.8. The van der Waals surface area contributed by atoms with E-state index in [-0.39, 0.29) is 31.7 Å². The Labute approximate surface area is 202 Å². The zero-order valence-corrected chi connectivity index (χ0v) is 20.1. The molecule has 2 aromatic heterocycles. The van der Waals surface area contributed by atoms with E-state index in [0.717, 1.165) is 49.8 Å². The van der Waals surface area contributed by atoms with Crippen LogP contribution in [-0.2, 0) is 28.9 Å².